The van der Waals surface area contributed by atoms with Crippen LogP contribution in [0.5, 0.6) is 0 Å². The lowest BCUT2D eigenvalue weighted by atomic mass is 9.92. The van der Waals surface area contributed by atoms with Gasteiger partial charge in [0.05, 0.1) is 27.0 Å². The second-order valence-corrected chi connectivity index (χ2v) is 8.99. The Morgan fingerprint density at radius 1 is 1.03 bits per heavy atom. The zero-order valence-corrected chi connectivity index (χ0v) is 18.6. The summed E-state index contributed by atoms with van der Waals surface area (Å²) in [6, 6.07) is 6.60. The Balaban J connectivity index is 1.89. The Labute approximate surface area is 186 Å². The van der Waals surface area contributed by atoms with Gasteiger partial charge >= 0.3 is 6.18 Å². The van der Waals surface area contributed by atoms with Gasteiger partial charge in [-0.3, -0.25) is 4.68 Å². The summed E-state index contributed by atoms with van der Waals surface area (Å²) in [5.74, 6) is 0.376. The molecule has 0 aliphatic heterocycles. The van der Waals surface area contributed by atoms with Crippen LogP contribution < -0.4 is 0 Å². The molecule has 162 valence electrons. The molecule has 0 aliphatic rings. The third kappa shape index (κ3) is 3.78. The van der Waals surface area contributed by atoms with E-state index in [4.69, 9.17) is 23.2 Å². The fraction of sp³-hybridized carbons (Fsp3) is 0.286. The van der Waals surface area contributed by atoms with E-state index in [-0.39, 0.29) is 27.3 Å². The van der Waals surface area contributed by atoms with Crippen LogP contribution in [0.3, 0.4) is 0 Å². The summed E-state index contributed by atoms with van der Waals surface area (Å²) in [4.78, 5) is 11.9. The molecule has 0 fully saturated rings. The van der Waals surface area contributed by atoms with Crippen LogP contribution in [0.2, 0.25) is 10.0 Å². The maximum Gasteiger partial charge on any atom is 0.417 e. The van der Waals surface area contributed by atoms with E-state index < -0.39 is 11.7 Å². The lowest BCUT2D eigenvalue weighted by molar-refractivity contribution is -0.137. The summed E-state index contributed by atoms with van der Waals surface area (Å²) < 4.78 is 42.0. The molecule has 0 saturated heterocycles. The van der Waals surface area contributed by atoms with Crippen molar-refractivity contribution in [2.75, 3.05) is 0 Å². The number of aromatic nitrogens is 5. The number of pyridine rings is 1. The molecule has 0 aliphatic carbocycles. The van der Waals surface area contributed by atoms with Gasteiger partial charge in [-0.25, -0.2) is 9.97 Å². The van der Waals surface area contributed by atoms with Crippen molar-refractivity contribution in [1.82, 2.24) is 24.7 Å². The van der Waals surface area contributed by atoms with E-state index in [1.807, 2.05) is 20.8 Å². The molecule has 0 bridgehead atoms. The van der Waals surface area contributed by atoms with Gasteiger partial charge in [0.15, 0.2) is 11.5 Å². The molecule has 4 rings (SSSR count). The molecule has 3 aromatic heterocycles. The number of alkyl halides is 3. The fourth-order valence-electron chi connectivity index (χ4n) is 3.39. The molecule has 0 radical (unpaired) electrons. The zero-order valence-electron chi connectivity index (χ0n) is 17.1. The van der Waals surface area contributed by atoms with E-state index in [2.05, 4.69) is 20.1 Å². The van der Waals surface area contributed by atoms with Crippen LogP contribution in [0, 0.1) is 0 Å². The van der Waals surface area contributed by atoms with Gasteiger partial charge in [0.25, 0.3) is 0 Å². The second kappa shape index (κ2) is 7.24. The lowest BCUT2D eigenvalue weighted by Gasteiger charge is -2.15. The number of hydrogen-bond acceptors (Lipinski definition) is 3. The number of aromatic amines is 1. The maximum atomic E-state index is 13.5. The van der Waals surface area contributed by atoms with Gasteiger partial charge in [-0.2, -0.15) is 18.3 Å². The molecule has 1 aromatic carbocycles. The third-order valence-corrected chi connectivity index (χ3v) is 5.50. The summed E-state index contributed by atoms with van der Waals surface area (Å²) in [5.41, 5.74) is 0.751. The van der Waals surface area contributed by atoms with Crippen molar-refractivity contribution in [2.24, 2.45) is 7.05 Å². The highest BCUT2D eigenvalue weighted by Crippen LogP contribution is 2.39. The van der Waals surface area contributed by atoms with Crippen LogP contribution >= 0.6 is 23.2 Å². The Kier molecular flexibility index (Phi) is 5.05. The smallest absolute Gasteiger partial charge is 0.334 e. The second-order valence-electron chi connectivity index (χ2n) is 8.20. The highest BCUT2D eigenvalue weighted by Gasteiger charge is 2.34. The fourth-order valence-corrected chi connectivity index (χ4v) is 4.16. The summed E-state index contributed by atoms with van der Waals surface area (Å²) in [6.45, 7) is 5.98. The minimum atomic E-state index is -4.53. The van der Waals surface area contributed by atoms with Gasteiger partial charge in [0.1, 0.15) is 11.2 Å². The minimum Gasteiger partial charge on any atom is -0.334 e. The minimum absolute atomic E-state index is 0.0723. The van der Waals surface area contributed by atoms with E-state index in [9.17, 15) is 13.2 Å². The van der Waals surface area contributed by atoms with Crippen LogP contribution in [0.25, 0.3) is 33.9 Å². The van der Waals surface area contributed by atoms with Crippen molar-refractivity contribution >= 4 is 34.4 Å². The number of rotatable bonds is 2. The Morgan fingerprint density at radius 3 is 2.32 bits per heavy atom. The molecule has 5 nitrogen and oxygen atoms in total. The van der Waals surface area contributed by atoms with Crippen molar-refractivity contribution < 1.29 is 13.2 Å². The van der Waals surface area contributed by atoms with Gasteiger partial charge in [-0.1, -0.05) is 62.2 Å². The highest BCUT2D eigenvalue weighted by atomic mass is 35.5. The molecule has 0 unspecified atom stereocenters. The molecule has 31 heavy (non-hydrogen) atoms. The predicted molar refractivity (Wildman–Crippen MR) is 115 cm³/mol. The van der Waals surface area contributed by atoms with Crippen molar-refractivity contribution in [3.8, 4) is 22.8 Å². The van der Waals surface area contributed by atoms with E-state index in [1.165, 1.54) is 24.3 Å². The number of nitrogens with zero attached hydrogens (tertiary/aromatic N) is 4. The van der Waals surface area contributed by atoms with Crippen LogP contribution in [0.4, 0.5) is 13.2 Å². The summed E-state index contributed by atoms with van der Waals surface area (Å²) in [5, 5.41) is 5.14. The van der Waals surface area contributed by atoms with E-state index in [0.717, 1.165) is 6.07 Å². The zero-order chi connectivity index (χ0) is 22.7. The topological polar surface area (TPSA) is 59.4 Å². The Hall–Kier alpha value is -2.58. The normalized spacial score (nSPS) is 12.7. The summed E-state index contributed by atoms with van der Waals surface area (Å²) in [6.07, 6.45) is -4.53. The number of imidazole rings is 1. The van der Waals surface area contributed by atoms with Gasteiger partial charge in [-0.05, 0) is 12.1 Å². The van der Waals surface area contributed by atoms with Crippen LogP contribution in [-0.4, -0.2) is 24.7 Å². The van der Waals surface area contributed by atoms with E-state index >= 15 is 0 Å². The average molecular weight is 468 g/mol. The number of benzene rings is 1. The molecule has 0 atom stereocenters. The molecule has 1 N–H and O–H groups in total. The Bertz CT molecular complexity index is 1300. The SMILES string of the molecule is Cn1nc(C(C)(C)C)c(Cl)c1-c1nc2nc(-c3ccccc3C(F)(F)F)cc(Cl)c2[nH]1. The first-order valence-electron chi connectivity index (χ1n) is 9.34. The van der Waals surface area contributed by atoms with E-state index in [1.54, 1.807) is 11.7 Å². The number of H-pyrrole nitrogens is 1. The highest BCUT2D eigenvalue weighted by molar-refractivity contribution is 6.35. The molecule has 3 heterocycles. The maximum absolute atomic E-state index is 13.5. The van der Waals surface area contributed by atoms with Crippen molar-refractivity contribution in [3.63, 3.8) is 0 Å². The molecule has 0 spiro atoms. The first kappa shape index (κ1) is 21.6. The molecule has 0 amide bonds. The Morgan fingerprint density at radius 2 is 1.71 bits per heavy atom. The van der Waals surface area contributed by atoms with Gasteiger partial charge in [0.2, 0.25) is 0 Å². The number of hydrogen-bond donors (Lipinski definition) is 1. The van der Waals surface area contributed by atoms with Crippen LogP contribution in [-0.2, 0) is 18.6 Å². The lowest BCUT2D eigenvalue weighted by Crippen LogP contribution is -2.12. The molecular weight excluding hydrogens is 450 g/mol. The quantitative estimate of drug-likeness (QED) is 0.359. The van der Waals surface area contributed by atoms with Gasteiger partial charge in [-0.15, -0.1) is 0 Å². The number of fused-ring (bicyclic) bond motifs is 1. The van der Waals surface area contributed by atoms with Crippen LogP contribution in [0.15, 0.2) is 30.3 Å². The molecule has 10 heteroatoms. The number of nitrogens with one attached hydrogen (secondary N) is 1. The molecular formula is C21H18Cl2F3N5. The molecule has 0 saturated carbocycles. The van der Waals surface area contributed by atoms with Crippen molar-refractivity contribution in [3.05, 3.63) is 51.6 Å². The van der Waals surface area contributed by atoms with Crippen molar-refractivity contribution in [1.29, 1.82) is 0 Å². The monoisotopic (exact) mass is 467 g/mol. The standard InChI is InChI=1S/C21H18Cl2F3N5/c1-20(2,3)17-14(23)16(31(4)30-17)19-28-15-12(22)9-13(27-18(15)29-19)10-7-5-6-8-11(10)21(24,25)26/h5-9H,1-4H3,(H,27,28,29). The predicted octanol–water partition coefficient (Wildman–Crippen LogP) is 6.65. The average Bonchev–Trinajstić information content (AvgIpc) is 3.21. The summed E-state index contributed by atoms with van der Waals surface area (Å²) in [7, 11) is 1.74. The van der Waals surface area contributed by atoms with Gasteiger partial charge in [0, 0.05) is 18.0 Å². The first-order valence-corrected chi connectivity index (χ1v) is 10.1. The first-order chi connectivity index (χ1) is 14.4. The third-order valence-electron chi connectivity index (χ3n) is 4.85. The van der Waals surface area contributed by atoms with Gasteiger partial charge < -0.3 is 4.98 Å². The van der Waals surface area contributed by atoms with E-state index in [0.29, 0.717) is 27.8 Å². The molecule has 4 aromatic rings. The summed E-state index contributed by atoms with van der Waals surface area (Å²) >= 11 is 13.0. The van der Waals surface area contributed by atoms with Crippen molar-refractivity contribution in [2.45, 2.75) is 32.4 Å². The largest absolute Gasteiger partial charge is 0.417 e. The van der Waals surface area contributed by atoms with Crippen LogP contribution in [0.1, 0.15) is 32.0 Å². The number of halogens is 5. The number of aryl methyl sites for hydroxylation is 1.